The molecule has 7 heteroatoms. The van der Waals surface area contributed by atoms with Gasteiger partial charge >= 0.3 is 0 Å². The van der Waals surface area contributed by atoms with Crippen molar-refractivity contribution < 1.29 is 12.8 Å². The van der Waals surface area contributed by atoms with E-state index in [0.29, 0.717) is 10.9 Å². The van der Waals surface area contributed by atoms with E-state index in [-0.39, 0.29) is 17.6 Å². The lowest BCUT2D eigenvalue weighted by Gasteiger charge is -2.18. The van der Waals surface area contributed by atoms with Crippen LogP contribution in [0, 0.1) is 11.2 Å². The molecule has 0 unspecified atom stereocenters. The Morgan fingerprint density at radius 1 is 1.37 bits per heavy atom. The number of hydrogen-bond acceptors (Lipinski definition) is 3. The zero-order chi connectivity index (χ0) is 14.8. The highest BCUT2D eigenvalue weighted by Crippen LogP contribution is 2.26. The second-order valence-corrected chi connectivity index (χ2v) is 8.10. The molecule has 0 radical (unpaired) electrons. The number of rotatable bonds is 4. The van der Waals surface area contributed by atoms with Gasteiger partial charge in [0.1, 0.15) is 10.7 Å². The van der Waals surface area contributed by atoms with Crippen molar-refractivity contribution in [1.82, 2.24) is 4.72 Å². The summed E-state index contributed by atoms with van der Waals surface area (Å²) in [5.41, 5.74) is 5.76. The lowest BCUT2D eigenvalue weighted by atomic mass is 9.93. The normalized spacial score (nSPS) is 12.7. The molecule has 4 nitrogen and oxygen atoms in total. The van der Waals surface area contributed by atoms with E-state index >= 15 is 0 Å². The predicted octanol–water partition coefficient (Wildman–Crippen LogP) is 2.88. The molecule has 0 amide bonds. The van der Waals surface area contributed by atoms with Gasteiger partial charge in [-0.1, -0.05) is 20.8 Å². The fourth-order valence-electron chi connectivity index (χ4n) is 1.39. The molecule has 1 aromatic rings. The molecular weight excluding hydrogens is 335 g/mol. The lowest BCUT2D eigenvalue weighted by molar-refractivity contribution is 0.378. The summed E-state index contributed by atoms with van der Waals surface area (Å²) in [6.45, 7) is 6.25. The molecule has 1 aromatic carbocycles. The fraction of sp³-hybridized carbons (Fsp3) is 0.500. The molecule has 0 aromatic heterocycles. The van der Waals surface area contributed by atoms with Gasteiger partial charge in [-0.05, 0) is 39.9 Å². The number of anilines is 1. The zero-order valence-electron chi connectivity index (χ0n) is 11.1. The van der Waals surface area contributed by atoms with Crippen LogP contribution < -0.4 is 10.5 Å². The van der Waals surface area contributed by atoms with E-state index < -0.39 is 20.7 Å². The standard InChI is InChI=1S/C12H18BrFN2O2S/c1-12(2,3)4-5-16-19(17,18)11-7-10(15)8(13)6-9(11)14/h6-7,16H,4-5,15H2,1-3H3. The molecule has 108 valence electrons. The summed E-state index contributed by atoms with van der Waals surface area (Å²) in [7, 11) is -3.88. The smallest absolute Gasteiger partial charge is 0.243 e. The first kappa shape index (κ1) is 16.4. The number of halogens is 2. The first-order valence-electron chi connectivity index (χ1n) is 5.77. The molecule has 0 fully saturated rings. The van der Waals surface area contributed by atoms with Crippen molar-refractivity contribution in [3.8, 4) is 0 Å². The molecule has 0 atom stereocenters. The van der Waals surface area contributed by atoms with Crippen LogP contribution in [0.3, 0.4) is 0 Å². The Morgan fingerprint density at radius 2 is 1.95 bits per heavy atom. The van der Waals surface area contributed by atoms with E-state index in [1.165, 1.54) is 0 Å². The summed E-state index contributed by atoms with van der Waals surface area (Å²) in [5.74, 6) is -0.829. The zero-order valence-corrected chi connectivity index (χ0v) is 13.5. The molecule has 0 heterocycles. The SMILES string of the molecule is CC(C)(C)CCNS(=O)(=O)c1cc(N)c(Br)cc1F. The van der Waals surface area contributed by atoms with Gasteiger partial charge in [0, 0.05) is 16.7 Å². The molecule has 0 bridgehead atoms. The number of nitrogen functional groups attached to an aromatic ring is 1. The topological polar surface area (TPSA) is 72.2 Å². The van der Waals surface area contributed by atoms with Crippen molar-refractivity contribution in [3.05, 3.63) is 22.4 Å². The molecule has 0 saturated carbocycles. The predicted molar refractivity (Wildman–Crippen MR) is 77.8 cm³/mol. The van der Waals surface area contributed by atoms with Gasteiger partial charge in [0.15, 0.2) is 0 Å². The number of benzene rings is 1. The van der Waals surface area contributed by atoms with E-state index in [2.05, 4.69) is 20.7 Å². The number of sulfonamides is 1. The van der Waals surface area contributed by atoms with Gasteiger partial charge in [-0.15, -0.1) is 0 Å². The molecule has 3 N–H and O–H groups in total. The highest BCUT2D eigenvalue weighted by atomic mass is 79.9. The average Bonchev–Trinajstić information content (AvgIpc) is 2.20. The van der Waals surface area contributed by atoms with E-state index in [9.17, 15) is 12.8 Å². The Morgan fingerprint density at radius 3 is 2.47 bits per heavy atom. The second-order valence-electron chi connectivity index (χ2n) is 5.51. The fourth-order valence-corrected chi connectivity index (χ4v) is 2.83. The van der Waals surface area contributed by atoms with Crippen LogP contribution in [-0.4, -0.2) is 15.0 Å². The van der Waals surface area contributed by atoms with Crippen LogP contribution in [0.2, 0.25) is 0 Å². The summed E-state index contributed by atoms with van der Waals surface area (Å²) in [4.78, 5) is -0.429. The molecular formula is C12H18BrFN2O2S. The minimum atomic E-state index is -3.88. The van der Waals surface area contributed by atoms with Gasteiger partial charge in [-0.3, -0.25) is 0 Å². The van der Waals surface area contributed by atoms with Crippen LogP contribution in [0.1, 0.15) is 27.2 Å². The lowest BCUT2D eigenvalue weighted by Crippen LogP contribution is -2.28. The number of hydrogen-bond donors (Lipinski definition) is 2. The van der Waals surface area contributed by atoms with Gasteiger partial charge in [-0.25, -0.2) is 17.5 Å². The number of nitrogens with one attached hydrogen (secondary N) is 1. The van der Waals surface area contributed by atoms with Crippen molar-refractivity contribution >= 4 is 31.6 Å². The van der Waals surface area contributed by atoms with Gasteiger partial charge in [0.25, 0.3) is 0 Å². The van der Waals surface area contributed by atoms with Gasteiger partial charge in [-0.2, -0.15) is 0 Å². The largest absolute Gasteiger partial charge is 0.398 e. The van der Waals surface area contributed by atoms with Crippen molar-refractivity contribution in [2.45, 2.75) is 32.1 Å². The van der Waals surface area contributed by atoms with Crippen molar-refractivity contribution in [2.24, 2.45) is 5.41 Å². The van der Waals surface area contributed by atoms with E-state index in [4.69, 9.17) is 5.73 Å². The Labute approximate surface area is 121 Å². The third-order valence-electron chi connectivity index (χ3n) is 2.51. The van der Waals surface area contributed by atoms with Gasteiger partial charge in [0.05, 0.1) is 0 Å². The summed E-state index contributed by atoms with van der Waals surface area (Å²) in [6, 6.07) is 2.16. The second kappa shape index (κ2) is 5.76. The van der Waals surface area contributed by atoms with Crippen LogP contribution in [0.5, 0.6) is 0 Å². The van der Waals surface area contributed by atoms with Gasteiger partial charge in [0.2, 0.25) is 10.0 Å². The van der Waals surface area contributed by atoms with Crippen LogP contribution >= 0.6 is 15.9 Å². The Balaban J connectivity index is 2.92. The summed E-state index contributed by atoms with van der Waals surface area (Å²) < 4.78 is 40.4. The van der Waals surface area contributed by atoms with Crippen LogP contribution in [0.4, 0.5) is 10.1 Å². The third-order valence-corrected chi connectivity index (χ3v) is 4.67. The quantitative estimate of drug-likeness (QED) is 0.818. The Hall–Kier alpha value is -0.660. The summed E-state index contributed by atoms with van der Waals surface area (Å²) in [6.07, 6.45) is 0.653. The van der Waals surface area contributed by atoms with Crippen molar-refractivity contribution in [2.75, 3.05) is 12.3 Å². The Kier molecular flexibility index (Phi) is 4.97. The first-order valence-corrected chi connectivity index (χ1v) is 8.05. The maximum absolute atomic E-state index is 13.7. The van der Waals surface area contributed by atoms with Crippen LogP contribution in [-0.2, 0) is 10.0 Å². The van der Waals surface area contributed by atoms with E-state index in [0.717, 1.165) is 12.1 Å². The van der Waals surface area contributed by atoms with Crippen molar-refractivity contribution in [1.29, 1.82) is 0 Å². The maximum atomic E-state index is 13.7. The molecule has 19 heavy (non-hydrogen) atoms. The summed E-state index contributed by atoms with van der Waals surface area (Å²) in [5, 5.41) is 0. The third kappa shape index (κ3) is 4.74. The monoisotopic (exact) mass is 352 g/mol. The molecule has 0 saturated heterocycles. The first-order chi connectivity index (χ1) is 8.53. The summed E-state index contributed by atoms with van der Waals surface area (Å²) >= 11 is 3.05. The molecule has 0 aliphatic rings. The molecule has 0 aliphatic carbocycles. The molecule has 1 rings (SSSR count). The maximum Gasteiger partial charge on any atom is 0.243 e. The molecule has 0 spiro atoms. The molecule has 0 aliphatic heterocycles. The van der Waals surface area contributed by atoms with E-state index in [1.54, 1.807) is 0 Å². The van der Waals surface area contributed by atoms with Gasteiger partial charge < -0.3 is 5.73 Å². The minimum Gasteiger partial charge on any atom is -0.398 e. The number of nitrogens with two attached hydrogens (primary N) is 1. The van der Waals surface area contributed by atoms with E-state index in [1.807, 2.05) is 20.8 Å². The van der Waals surface area contributed by atoms with Crippen LogP contribution in [0.15, 0.2) is 21.5 Å². The van der Waals surface area contributed by atoms with Crippen LogP contribution in [0.25, 0.3) is 0 Å². The minimum absolute atomic E-state index is 0.000190. The average molecular weight is 353 g/mol. The highest BCUT2D eigenvalue weighted by molar-refractivity contribution is 9.10. The Bertz CT molecular complexity index is 568. The van der Waals surface area contributed by atoms with Crippen molar-refractivity contribution in [3.63, 3.8) is 0 Å². The highest BCUT2D eigenvalue weighted by Gasteiger charge is 2.21.